The molecule has 2 rings (SSSR count). The Morgan fingerprint density at radius 3 is 2.14 bits per heavy atom. The van der Waals surface area contributed by atoms with E-state index in [4.69, 9.17) is 15.2 Å². The number of methoxy groups -OCH3 is 1. The zero-order valence-electron chi connectivity index (χ0n) is 13.4. The Balaban J connectivity index is 2.28. The van der Waals surface area contributed by atoms with Gasteiger partial charge in [0.15, 0.2) is 5.75 Å². The summed E-state index contributed by atoms with van der Waals surface area (Å²) in [5.74, 6) is 2.18. The predicted octanol–water partition coefficient (Wildman–Crippen LogP) is 4.68. The van der Waals surface area contributed by atoms with Crippen molar-refractivity contribution in [3.63, 3.8) is 0 Å². The third kappa shape index (κ3) is 3.48. The lowest BCUT2D eigenvalue weighted by atomic mass is 9.86. The summed E-state index contributed by atoms with van der Waals surface area (Å²) in [6.07, 6.45) is 0. The minimum absolute atomic E-state index is 0.127. The Morgan fingerprint density at radius 2 is 1.62 bits per heavy atom. The quantitative estimate of drug-likeness (QED) is 0.833. The van der Waals surface area contributed by atoms with Crippen LogP contribution in [-0.2, 0) is 5.41 Å². The van der Waals surface area contributed by atoms with Gasteiger partial charge in [0, 0.05) is 6.07 Å². The van der Waals surface area contributed by atoms with Gasteiger partial charge in [0.2, 0.25) is 0 Å². The van der Waals surface area contributed by atoms with Crippen molar-refractivity contribution in [2.24, 2.45) is 0 Å². The van der Waals surface area contributed by atoms with Gasteiger partial charge >= 0.3 is 0 Å². The molecular formula is C18H23NO2. The maximum atomic E-state index is 5.99. The van der Waals surface area contributed by atoms with E-state index in [0.717, 1.165) is 17.1 Å². The second-order valence-electron chi connectivity index (χ2n) is 6.24. The van der Waals surface area contributed by atoms with E-state index in [1.807, 2.05) is 25.1 Å². The molecule has 2 aromatic carbocycles. The van der Waals surface area contributed by atoms with E-state index < -0.39 is 0 Å². The van der Waals surface area contributed by atoms with Crippen LogP contribution in [0.3, 0.4) is 0 Å². The van der Waals surface area contributed by atoms with Gasteiger partial charge in [0.1, 0.15) is 11.5 Å². The molecule has 112 valence electrons. The zero-order valence-corrected chi connectivity index (χ0v) is 13.4. The second-order valence-corrected chi connectivity index (χ2v) is 6.24. The van der Waals surface area contributed by atoms with E-state index in [9.17, 15) is 0 Å². The van der Waals surface area contributed by atoms with Crippen molar-refractivity contribution in [1.82, 2.24) is 0 Å². The molecule has 0 radical (unpaired) electrons. The molecule has 0 spiro atoms. The third-order valence-corrected chi connectivity index (χ3v) is 3.48. The SMILES string of the molecule is COc1ccc(Oc2ccc(C(C)(C)C)cc2C)c(N)c1. The summed E-state index contributed by atoms with van der Waals surface area (Å²) in [6.45, 7) is 8.64. The van der Waals surface area contributed by atoms with E-state index >= 15 is 0 Å². The van der Waals surface area contributed by atoms with Gasteiger partial charge in [-0.05, 0) is 41.7 Å². The number of rotatable bonds is 3. The topological polar surface area (TPSA) is 44.5 Å². The molecule has 0 fully saturated rings. The van der Waals surface area contributed by atoms with Gasteiger partial charge in [-0.15, -0.1) is 0 Å². The number of ether oxygens (including phenoxy) is 2. The third-order valence-electron chi connectivity index (χ3n) is 3.48. The van der Waals surface area contributed by atoms with Crippen LogP contribution in [0.1, 0.15) is 31.9 Å². The van der Waals surface area contributed by atoms with Crippen molar-refractivity contribution >= 4 is 5.69 Å². The number of hydrogen-bond acceptors (Lipinski definition) is 3. The highest BCUT2D eigenvalue weighted by Gasteiger charge is 2.15. The fourth-order valence-corrected chi connectivity index (χ4v) is 2.10. The Kier molecular flexibility index (Phi) is 4.12. The van der Waals surface area contributed by atoms with E-state index in [2.05, 4.69) is 32.9 Å². The maximum absolute atomic E-state index is 5.99. The smallest absolute Gasteiger partial charge is 0.150 e. The standard InChI is InChI=1S/C18H23NO2/c1-12-10-13(18(2,3)4)6-8-16(12)21-17-9-7-14(20-5)11-15(17)19/h6-11H,19H2,1-5H3. The van der Waals surface area contributed by atoms with Crippen LogP contribution in [0, 0.1) is 6.92 Å². The Bertz CT molecular complexity index is 642. The number of benzene rings is 2. The first-order chi connectivity index (χ1) is 9.81. The lowest BCUT2D eigenvalue weighted by molar-refractivity contribution is 0.413. The second kappa shape index (κ2) is 5.68. The normalized spacial score (nSPS) is 11.3. The molecule has 0 aliphatic carbocycles. The maximum Gasteiger partial charge on any atom is 0.150 e. The number of anilines is 1. The molecule has 0 aromatic heterocycles. The lowest BCUT2D eigenvalue weighted by Gasteiger charge is -2.20. The van der Waals surface area contributed by atoms with Crippen LogP contribution in [0.4, 0.5) is 5.69 Å². The summed E-state index contributed by atoms with van der Waals surface area (Å²) >= 11 is 0. The highest BCUT2D eigenvalue weighted by Crippen LogP contribution is 2.34. The number of aryl methyl sites for hydroxylation is 1. The first-order valence-electron chi connectivity index (χ1n) is 7.04. The van der Waals surface area contributed by atoms with Gasteiger partial charge in [-0.25, -0.2) is 0 Å². The number of nitrogen functional groups attached to an aromatic ring is 1. The fraction of sp³-hybridized carbons (Fsp3) is 0.333. The largest absolute Gasteiger partial charge is 0.497 e. The molecule has 0 aliphatic heterocycles. The van der Waals surface area contributed by atoms with Crippen LogP contribution in [-0.4, -0.2) is 7.11 Å². The highest BCUT2D eigenvalue weighted by atomic mass is 16.5. The molecule has 0 saturated carbocycles. The molecule has 21 heavy (non-hydrogen) atoms. The summed E-state index contributed by atoms with van der Waals surface area (Å²) in [6, 6.07) is 11.7. The predicted molar refractivity (Wildman–Crippen MR) is 87.4 cm³/mol. The van der Waals surface area contributed by atoms with Gasteiger partial charge < -0.3 is 15.2 Å². The van der Waals surface area contributed by atoms with Gasteiger partial charge in [-0.3, -0.25) is 0 Å². The van der Waals surface area contributed by atoms with Crippen molar-refractivity contribution in [1.29, 1.82) is 0 Å². The van der Waals surface area contributed by atoms with Crippen LogP contribution < -0.4 is 15.2 Å². The molecule has 0 aliphatic rings. The first-order valence-corrected chi connectivity index (χ1v) is 7.04. The van der Waals surface area contributed by atoms with E-state index in [-0.39, 0.29) is 5.41 Å². The molecule has 2 aromatic rings. The lowest BCUT2D eigenvalue weighted by Crippen LogP contribution is -2.11. The van der Waals surface area contributed by atoms with Gasteiger partial charge in [-0.2, -0.15) is 0 Å². The van der Waals surface area contributed by atoms with Crippen LogP contribution in [0.5, 0.6) is 17.2 Å². The van der Waals surface area contributed by atoms with Crippen LogP contribution >= 0.6 is 0 Å². The molecular weight excluding hydrogens is 262 g/mol. The summed E-state index contributed by atoms with van der Waals surface area (Å²) in [7, 11) is 1.62. The minimum Gasteiger partial charge on any atom is -0.497 e. The highest BCUT2D eigenvalue weighted by molar-refractivity contribution is 5.58. The van der Waals surface area contributed by atoms with Crippen LogP contribution in [0.2, 0.25) is 0 Å². The molecule has 3 heteroatoms. The molecule has 0 unspecified atom stereocenters. The monoisotopic (exact) mass is 285 g/mol. The van der Waals surface area contributed by atoms with Crippen LogP contribution in [0.25, 0.3) is 0 Å². The molecule has 0 saturated heterocycles. The average molecular weight is 285 g/mol. The van der Waals surface area contributed by atoms with Crippen molar-refractivity contribution in [2.75, 3.05) is 12.8 Å². The number of nitrogens with two attached hydrogens (primary N) is 1. The van der Waals surface area contributed by atoms with Crippen molar-refractivity contribution in [3.8, 4) is 17.2 Å². The van der Waals surface area contributed by atoms with Crippen molar-refractivity contribution in [3.05, 3.63) is 47.5 Å². The van der Waals surface area contributed by atoms with Crippen molar-refractivity contribution in [2.45, 2.75) is 33.1 Å². The molecule has 0 bridgehead atoms. The van der Waals surface area contributed by atoms with E-state index in [1.165, 1.54) is 5.56 Å². The Labute approximate surface area is 126 Å². The summed E-state index contributed by atoms with van der Waals surface area (Å²) in [4.78, 5) is 0. The Morgan fingerprint density at radius 1 is 0.952 bits per heavy atom. The van der Waals surface area contributed by atoms with Gasteiger partial charge in [0.25, 0.3) is 0 Å². The minimum atomic E-state index is 0.127. The zero-order chi connectivity index (χ0) is 15.6. The first kappa shape index (κ1) is 15.2. The summed E-state index contributed by atoms with van der Waals surface area (Å²) in [5, 5.41) is 0. The Hall–Kier alpha value is -2.16. The van der Waals surface area contributed by atoms with E-state index in [0.29, 0.717) is 11.4 Å². The van der Waals surface area contributed by atoms with E-state index in [1.54, 1.807) is 13.2 Å². The molecule has 0 amide bonds. The van der Waals surface area contributed by atoms with Crippen LogP contribution in [0.15, 0.2) is 36.4 Å². The average Bonchev–Trinajstić information content (AvgIpc) is 2.41. The number of hydrogen-bond donors (Lipinski definition) is 1. The molecule has 2 N–H and O–H groups in total. The summed E-state index contributed by atoms with van der Waals surface area (Å²) in [5.41, 5.74) is 9.06. The van der Waals surface area contributed by atoms with Gasteiger partial charge in [-0.1, -0.05) is 32.9 Å². The summed E-state index contributed by atoms with van der Waals surface area (Å²) < 4.78 is 11.1. The molecule has 0 heterocycles. The fourth-order valence-electron chi connectivity index (χ4n) is 2.10. The molecule has 0 atom stereocenters. The van der Waals surface area contributed by atoms with Gasteiger partial charge in [0.05, 0.1) is 12.8 Å². The molecule has 3 nitrogen and oxygen atoms in total. The van der Waals surface area contributed by atoms with Crippen molar-refractivity contribution < 1.29 is 9.47 Å².